The monoisotopic (exact) mass is 406 g/mol. The van der Waals surface area contributed by atoms with Crippen LogP contribution in [0.15, 0.2) is 36.4 Å². The van der Waals surface area contributed by atoms with E-state index in [0.717, 1.165) is 0 Å². The quantitative estimate of drug-likeness (QED) is 0.448. The van der Waals surface area contributed by atoms with Crippen molar-refractivity contribution < 1.29 is 28.5 Å². The van der Waals surface area contributed by atoms with Crippen LogP contribution in [-0.2, 0) is 4.74 Å². The molecular formula is C21H23ClO6. The molecule has 0 aliphatic rings. The second-order valence-corrected chi connectivity index (χ2v) is 6.20. The largest absolute Gasteiger partial charge is 0.494 e. The van der Waals surface area contributed by atoms with Gasteiger partial charge >= 0.3 is 5.97 Å². The average molecular weight is 407 g/mol. The summed E-state index contributed by atoms with van der Waals surface area (Å²) in [6, 6.07) is 9.55. The van der Waals surface area contributed by atoms with E-state index in [1.165, 1.54) is 26.2 Å². The van der Waals surface area contributed by atoms with E-state index in [1.54, 1.807) is 24.3 Å². The van der Waals surface area contributed by atoms with Gasteiger partial charge in [0.05, 0.1) is 30.9 Å². The molecule has 0 saturated carbocycles. The van der Waals surface area contributed by atoms with Crippen LogP contribution >= 0.6 is 11.6 Å². The van der Waals surface area contributed by atoms with Crippen molar-refractivity contribution in [3.05, 3.63) is 52.5 Å². The van der Waals surface area contributed by atoms with Gasteiger partial charge in [0, 0.05) is 5.56 Å². The van der Waals surface area contributed by atoms with Gasteiger partial charge in [-0.3, -0.25) is 4.79 Å². The van der Waals surface area contributed by atoms with Gasteiger partial charge in [0.25, 0.3) is 0 Å². The molecule has 0 heterocycles. The van der Waals surface area contributed by atoms with Crippen LogP contribution in [0.4, 0.5) is 0 Å². The summed E-state index contributed by atoms with van der Waals surface area (Å²) >= 11 is 6.18. The third-order valence-electron chi connectivity index (χ3n) is 3.86. The molecule has 0 N–H and O–H groups in total. The molecule has 0 aliphatic heterocycles. The lowest BCUT2D eigenvalue weighted by atomic mass is 10.1. The molecule has 0 aromatic heterocycles. The van der Waals surface area contributed by atoms with Gasteiger partial charge in [0.2, 0.25) is 5.78 Å². The minimum atomic E-state index is -0.971. The number of rotatable bonds is 9. The first-order valence-corrected chi connectivity index (χ1v) is 9.27. The predicted octanol–water partition coefficient (Wildman–Crippen LogP) is 4.57. The molecule has 150 valence electrons. The molecule has 0 aliphatic carbocycles. The second kappa shape index (κ2) is 9.99. The average Bonchev–Trinajstić information content (AvgIpc) is 2.69. The van der Waals surface area contributed by atoms with Crippen molar-refractivity contribution in [1.82, 2.24) is 0 Å². The van der Waals surface area contributed by atoms with Gasteiger partial charge in [-0.1, -0.05) is 11.6 Å². The van der Waals surface area contributed by atoms with Crippen molar-refractivity contribution in [3.63, 3.8) is 0 Å². The molecule has 0 saturated heterocycles. The van der Waals surface area contributed by atoms with Crippen molar-refractivity contribution in [2.24, 2.45) is 0 Å². The van der Waals surface area contributed by atoms with E-state index < -0.39 is 12.1 Å². The van der Waals surface area contributed by atoms with E-state index in [-0.39, 0.29) is 16.4 Å². The second-order valence-electron chi connectivity index (χ2n) is 5.79. The molecule has 7 heteroatoms. The first-order valence-electron chi connectivity index (χ1n) is 8.89. The number of halogens is 1. The Morgan fingerprint density at radius 1 is 1.00 bits per heavy atom. The first-order chi connectivity index (χ1) is 13.4. The fraction of sp³-hybridized carbons (Fsp3) is 0.333. The van der Waals surface area contributed by atoms with E-state index >= 15 is 0 Å². The van der Waals surface area contributed by atoms with Crippen molar-refractivity contribution >= 4 is 23.4 Å². The Balaban J connectivity index is 2.13. The smallest absolute Gasteiger partial charge is 0.339 e. The Hall–Kier alpha value is -2.73. The number of Topliss-reactive ketones (excluding diaryl/α,β-unsaturated/α-hetero) is 1. The minimum absolute atomic E-state index is 0.164. The third kappa shape index (κ3) is 5.16. The number of methoxy groups -OCH3 is 1. The van der Waals surface area contributed by atoms with Crippen LogP contribution in [0.2, 0.25) is 5.02 Å². The highest BCUT2D eigenvalue weighted by Crippen LogP contribution is 2.36. The van der Waals surface area contributed by atoms with Crippen molar-refractivity contribution in [1.29, 1.82) is 0 Å². The Kier molecular flexibility index (Phi) is 7.70. The summed E-state index contributed by atoms with van der Waals surface area (Å²) in [7, 11) is 1.45. The number of carbonyl (C=O) groups is 2. The summed E-state index contributed by atoms with van der Waals surface area (Å²) in [6.45, 7) is 6.14. The molecule has 28 heavy (non-hydrogen) atoms. The minimum Gasteiger partial charge on any atom is -0.494 e. The zero-order chi connectivity index (χ0) is 20.7. The Bertz CT molecular complexity index is 832. The van der Waals surface area contributed by atoms with Gasteiger partial charge in [-0.05, 0) is 57.2 Å². The maximum atomic E-state index is 12.5. The summed E-state index contributed by atoms with van der Waals surface area (Å²) in [5.41, 5.74) is 0.586. The van der Waals surface area contributed by atoms with Gasteiger partial charge in [-0.25, -0.2) is 4.79 Å². The predicted molar refractivity (Wildman–Crippen MR) is 106 cm³/mol. The van der Waals surface area contributed by atoms with Gasteiger partial charge in [-0.15, -0.1) is 0 Å². The van der Waals surface area contributed by atoms with E-state index in [4.69, 9.17) is 30.5 Å². The highest BCUT2D eigenvalue weighted by molar-refractivity contribution is 6.32. The van der Waals surface area contributed by atoms with Crippen molar-refractivity contribution in [2.45, 2.75) is 26.9 Å². The van der Waals surface area contributed by atoms with Gasteiger partial charge in [0.15, 0.2) is 17.6 Å². The Morgan fingerprint density at radius 2 is 1.64 bits per heavy atom. The van der Waals surface area contributed by atoms with E-state index in [9.17, 15) is 9.59 Å². The molecule has 0 amide bonds. The Labute approximate surface area is 169 Å². The molecule has 0 unspecified atom stereocenters. The maximum absolute atomic E-state index is 12.5. The van der Waals surface area contributed by atoms with Crippen LogP contribution < -0.4 is 14.2 Å². The zero-order valence-electron chi connectivity index (χ0n) is 16.3. The number of benzene rings is 2. The summed E-state index contributed by atoms with van der Waals surface area (Å²) in [5.74, 6) is 0.323. The molecule has 2 aromatic carbocycles. The number of ketones is 1. The maximum Gasteiger partial charge on any atom is 0.339 e. The first kappa shape index (κ1) is 21.6. The molecule has 0 radical (unpaired) electrons. The Morgan fingerprint density at radius 3 is 2.21 bits per heavy atom. The third-order valence-corrected chi connectivity index (χ3v) is 4.14. The summed E-state index contributed by atoms with van der Waals surface area (Å²) in [5, 5.41) is 0.221. The number of hydrogen-bond acceptors (Lipinski definition) is 6. The molecule has 2 aromatic rings. The number of ether oxygens (including phenoxy) is 4. The van der Waals surface area contributed by atoms with Gasteiger partial charge in [0.1, 0.15) is 5.75 Å². The van der Waals surface area contributed by atoms with Gasteiger partial charge < -0.3 is 18.9 Å². The highest BCUT2D eigenvalue weighted by Gasteiger charge is 2.22. The summed E-state index contributed by atoms with van der Waals surface area (Å²) in [4.78, 5) is 25.0. The van der Waals surface area contributed by atoms with Crippen LogP contribution in [0.5, 0.6) is 17.2 Å². The van der Waals surface area contributed by atoms with Crippen LogP contribution in [0.3, 0.4) is 0 Å². The lowest BCUT2D eigenvalue weighted by molar-refractivity contribution is 0.0318. The normalized spacial score (nSPS) is 11.5. The fourth-order valence-electron chi connectivity index (χ4n) is 2.52. The number of esters is 1. The van der Waals surface area contributed by atoms with Crippen molar-refractivity contribution in [2.75, 3.05) is 20.3 Å². The van der Waals surface area contributed by atoms with Crippen LogP contribution in [0, 0.1) is 0 Å². The molecule has 6 nitrogen and oxygen atoms in total. The van der Waals surface area contributed by atoms with E-state index in [1.807, 2.05) is 13.8 Å². The van der Waals surface area contributed by atoms with Crippen molar-refractivity contribution in [3.8, 4) is 17.2 Å². The summed E-state index contributed by atoms with van der Waals surface area (Å²) in [6.07, 6.45) is -0.971. The fourth-order valence-corrected chi connectivity index (χ4v) is 2.79. The lowest BCUT2D eigenvalue weighted by Crippen LogP contribution is -2.24. The van der Waals surface area contributed by atoms with E-state index in [2.05, 4.69) is 0 Å². The lowest BCUT2D eigenvalue weighted by Gasteiger charge is -2.15. The molecule has 2 rings (SSSR count). The molecule has 0 spiro atoms. The van der Waals surface area contributed by atoms with Crippen LogP contribution in [-0.4, -0.2) is 38.2 Å². The van der Waals surface area contributed by atoms with Crippen LogP contribution in [0.25, 0.3) is 0 Å². The van der Waals surface area contributed by atoms with E-state index in [0.29, 0.717) is 36.0 Å². The SMILES string of the molecule is CCOc1ccc(C(=O)[C@H](C)OC(=O)c2cc(Cl)c(OCC)c(OC)c2)cc1. The van der Waals surface area contributed by atoms with Gasteiger partial charge in [-0.2, -0.15) is 0 Å². The molecule has 0 bridgehead atoms. The topological polar surface area (TPSA) is 71.1 Å². The number of carbonyl (C=O) groups excluding carboxylic acids is 2. The standard InChI is InChI=1S/C21H23ClO6/c1-5-26-16-9-7-14(8-10-16)19(23)13(3)28-21(24)15-11-17(22)20(27-6-2)18(12-15)25-4/h7-13H,5-6H2,1-4H3/t13-/m0/s1. The molecular weight excluding hydrogens is 384 g/mol. The molecule has 0 fully saturated rings. The molecule has 1 atom stereocenters. The highest BCUT2D eigenvalue weighted by atomic mass is 35.5. The zero-order valence-corrected chi connectivity index (χ0v) is 17.0. The number of hydrogen-bond donors (Lipinski definition) is 0. The van der Waals surface area contributed by atoms with Crippen LogP contribution in [0.1, 0.15) is 41.5 Å². The summed E-state index contributed by atoms with van der Waals surface area (Å²) < 4.78 is 21.3.